The van der Waals surface area contributed by atoms with Crippen LogP contribution in [0.5, 0.6) is 0 Å². The van der Waals surface area contributed by atoms with Gasteiger partial charge in [0.15, 0.2) is 5.82 Å². The molecule has 0 saturated carbocycles. The van der Waals surface area contributed by atoms with Gasteiger partial charge in [-0.05, 0) is 31.2 Å². The van der Waals surface area contributed by atoms with Gasteiger partial charge in [0.05, 0.1) is 5.69 Å². The van der Waals surface area contributed by atoms with Gasteiger partial charge in [0.25, 0.3) is 0 Å². The summed E-state index contributed by atoms with van der Waals surface area (Å²) in [5, 5.41) is 9.69. The Morgan fingerprint density at radius 2 is 1.75 bits per heavy atom. The van der Waals surface area contributed by atoms with Crippen molar-refractivity contribution in [2.75, 3.05) is 36.0 Å². The molecule has 8 heteroatoms. The highest BCUT2D eigenvalue weighted by Gasteiger charge is 2.20. The summed E-state index contributed by atoms with van der Waals surface area (Å²) >= 11 is 1.46. The molecule has 0 atom stereocenters. The van der Waals surface area contributed by atoms with E-state index >= 15 is 0 Å². The minimum atomic E-state index is 0.794. The van der Waals surface area contributed by atoms with Crippen LogP contribution in [0.25, 0.3) is 11.4 Å². The van der Waals surface area contributed by atoms with Gasteiger partial charge in [-0.15, -0.1) is 10.2 Å². The van der Waals surface area contributed by atoms with Gasteiger partial charge >= 0.3 is 0 Å². The number of nitrogens with zero attached hydrogens (tertiary/aromatic N) is 7. The maximum Gasteiger partial charge on any atom is 0.205 e. The molecular formula is C16H17N7S. The topological polar surface area (TPSA) is 70.9 Å². The van der Waals surface area contributed by atoms with Crippen molar-refractivity contribution in [2.45, 2.75) is 6.92 Å². The molecule has 0 amide bonds. The van der Waals surface area contributed by atoms with E-state index in [9.17, 15) is 0 Å². The molecule has 7 nitrogen and oxygen atoms in total. The van der Waals surface area contributed by atoms with Crippen LogP contribution in [0, 0.1) is 6.92 Å². The summed E-state index contributed by atoms with van der Waals surface area (Å²) in [6.07, 6.45) is 1.76. The number of hydrogen-bond acceptors (Lipinski definition) is 8. The Labute approximate surface area is 144 Å². The summed E-state index contributed by atoms with van der Waals surface area (Å²) in [6.45, 7) is 5.55. The highest BCUT2D eigenvalue weighted by atomic mass is 32.1. The summed E-state index contributed by atoms with van der Waals surface area (Å²) < 4.78 is 4.25. The second-order valence-electron chi connectivity index (χ2n) is 5.59. The van der Waals surface area contributed by atoms with Crippen molar-refractivity contribution >= 4 is 22.5 Å². The fourth-order valence-electron chi connectivity index (χ4n) is 2.69. The van der Waals surface area contributed by atoms with Gasteiger partial charge < -0.3 is 9.80 Å². The first-order valence-electron chi connectivity index (χ1n) is 7.85. The van der Waals surface area contributed by atoms with E-state index in [4.69, 9.17) is 0 Å². The lowest BCUT2D eigenvalue weighted by molar-refractivity contribution is 0.642. The monoisotopic (exact) mass is 339 g/mol. The molecule has 0 aliphatic carbocycles. The van der Waals surface area contributed by atoms with Crippen LogP contribution < -0.4 is 9.80 Å². The number of aromatic nitrogens is 5. The molecule has 1 aliphatic heterocycles. The average Bonchev–Trinajstić information content (AvgIpc) is 3.09. The Balaban J connectivity index is 1.42. The lowest BCUT2D eigenvalue weighted by Crippen LogP contribution is -2.46. The van der Waals surface area contributed by atoms with Crippen LogP contribution in [-0.4, -0.2) is 50.7 Å². The quantitative estimate of drug-likeness (QED) is 0.723. The van der Waals surface area contributed by atoms with Gasteiger partial charge in [-0.3, -0.25) is 4.98 Å². The summed E-state index contributed by atoms with van der Waals surface area (Å²) in [6, 6.07) is 9.77. The summed E-state index contributed by atoms with van der Waals surface area (Å²) in [4.78, 5) is 13.3. The zero-order chi connectivity index (χ0) is 16.4. The number of rotatable bonds is 3. The van der Waals surface area contributed by atoms with E-state index in [1.54, 1.807) is 6.20 Å². The molecule has 122 valence electrons. The molecule has 3 aromatic rings. The largest absolute Gasteiger partial charge is 0.352 e. The third kappa shape index (κ3) is 3.05. The standard InChI is InChI=1S/C16H17N7S/c1-12-18-16(24-21-12)23-10-8-22(9-11-23)15-6-5-14(19-20-15)13-4-2-3-7-17-13/h2-7H,8-11H2,1H3. The predicted molar refractivity (Wildman–Crippen MR) is 94.3 cm³/mol. The van der Waals surface area contributed by atoms with Gasteiger partial charge in [0.1, 0.15) is 11.5 Å². The Morgan fingerprint density at radius 3 is 2.38 bits per heavy atom. The fraction of sp³-hybridized carbons (Fsp3) is 0.312. The molecule has 24 heavy (non-hydrogen) atoms. The third-order valence-electron chi connectivity index (χ3n) is 3.97. The van der Waals surface area contributed by atoms with Crippen LogP contribution in [0.1, 0.15) is 5.82 Å². The number of pyridine rings is 1. The molecule has 1 saturated heterocycles. The lowest BCUT2D eigenvalue weighted by Gasteiger charge is -2.34. The number of hydrogen-bond donors (Lipinski definition) is 0. The summed E-state index contributed by atoms with van der Waals surface area (Å²) in [5.41, 5.74) is 1.63. The van der Waals surface area contributed by atoms with Crippen LogP contribution in [0.15, 0.2) is 36.5 Å². The van der Waals surface area contributed by atoms with E-state index in [2.05, 4.69) is 34.3 Å². The lowest BCUT2D eigenvalue weighted by atomic mass is 10.2. The van der Waals surface area contributed by atoms with Gasteiger partial charge in [-0.1, -0.05) is 6.07 Å². The van der Waals surface area contributed by atoms with E-state index < -0.39 is 0 Å². The van der Waals surface area contributed by atoms with Crippen molar-refractivity contribution in [2.24, 2.45) is 0 Å². The minimum Gasteiger partial charge on any atom is -0.352 e. The zero-order valence-corrected chi connectivity index (χ0v) is 14.1. The Kier molecular flexibility index (Phi) is 4.04. The summed E-state index contributed by atoms with van der Waals surface area (Å²) in [7, 11) is 0. The van der Waals surface area contributed by atoms with Crippen molar-refractivity contribution in [3.8, 4) is 11.4 Å². The molecule has 3 aromatic heterocycles. The van der Waals surface area contributed by atoms with Crippen molar-refractivity contribution < 1.29 is 0 Å². The van der Waals surface area contributed by atoms with Crippen molar-refractivity contribution in [1.29, 1.82) is 0 Å². The molecule has 0 N–H and O–H groups in total. The highest BCUT2D eigenvalue weighted by Crippen LogP contribution is 2.21. The molecule has 0 aromatic carbocycles. The molecule has 4 rings (SSSR count). The minimum absolute atomic E-state index is 0.794. The molecule has 0 bridgehead atoms. The molecule has 0 spiro atoms. The van der Waals surface area contributed by atoms with Crippen molar-refractivity contribution in [1.82, 2.24) is 24.5 Å². The molecule has 0 radical (unpaired) electrons. The SMILES string of the molecule is Cc1nsc(N2CCN(c3ccc(-c4ccccn4)nn3)CC2)n1. The Hall–Kier alpha value is -2.61. The summed E-state index contributed by atoms with van der Waals surface area (Å²) in [5.74, 6) is 1.75. The van der Waals surface area contributed by atoms with Crippen LogP contribution in [0.4, 0.5) is 10.9 Å². The van der Waals surface area contributed by atoms with E-state index in [0.717, 1.165) is 54.3 Å². The zero-order valence-electron chi connectivity index (χ0n) is 13.3. The second-order valence-corrected chi connectivity index (χ2v) is 6.32. The maximum absolute atomic E-state index is 4.46. The van der Waals surface area contributed by atoms with E-state index in [1.165, 1.54) is 11.5 Å². The maximum atomic E-state index is 4.46. The van der Waals surface area contributed by atoms with Gasteiger partial charge in [0.2, 0.25) is 5.13 Å². The second kappa shape index (κ2) is 6.48. The van der Waals surface area contributed by atoms with Crippen LogP contribution in [0.2, 0.25) is 0 Å². The number of aryl methyl sites for hydroxylation is 1. The van der Waals surface area contributed by atoms with Gasteiger partial charge in [-0.25, -0.2) is 4.98 Å². The third-order valence-corrected chi connectivity index (χ3v) is 4.84. The Morgan fingerprint density at radius 1 is 0.917 bits per heavy atom. The number of anilines is 2. The van der Waals surface area contributed by atoms with Crippen LogP contribution >= 0.6 is 11.5 Å². The molecule has 1 aliphatic rings. The molecular weight excluding hydrogens is 322 g/mol. The fourth-order valence-corrected chi connectivity index (χ4v) is 3.41. The average molecular weight is 339 g/mol. The van der Waals surface area contributed by atoms with Crippen LogP contribution in [0.3, 0.4) is 0 Å². The van der Waals surface area contributed by atoms with E-state index in [1.807, 2.05) is 37.3 Å². The van der Waals surface area contributed by atoms with E-state index in [0.29, 0.717) is 0 Å². The first-order chi connectivity index (χ1) is 11.8. The van der Waals surface area contributed by atoms with E-state index in [-0.39, 0.29) is 0 Å². The van der Waals surface area contributed by atoms with Crippen molar-refractivity contribution in [3.63, 3.8) is 0 Å². The van der Waals surface area contributed by atoms with Crippen LogP contribution in [-0.2, 0) is 0 Å². The normalized spacial score (nSPS) is 14.9. The first-order valence-corrected chi connectivity index (χ1v) is 8.62. The molecule has 4 heterocycles. The Bertz CT molecular complexity index is 795. The van der Waals surface area contributed by atoms with Crippen molar-refractivity contribution in [3.05, 3.63) is 42.4 Å². The smallest absolute Gasteiger partial charge is 0.205 e. The highest BCUT2D eigenvalue weighted by molar-refractivity contribution is 7.09. The van der Waals surface area contributed by atoms with Gasteiger partial charge in [-0.2, -0.15) is 4.37 Å². The van der Waals surface area contributed by atoms with Gasteiger partial charge in [0, 0.05) is 43.9 Å². The molecule has 0 unspecified atom stereocenters. The number of piperazine rings is 1. The predicted octanol–water partition coefficient (Wildman–Crippen LogP) is 2.03. The first kappa shape index (κ1) is 14.9. The molecule has 1 fully saturated rings.